The highest BCUT2D eigenvalue weighted by Crippen LogP contribution is 2.39. The lowest BCUT2D eigenvalue weighted by Crippen LogP contribution is -2.14. The molecule has 32 heavy (non-hydrogen) atoms. The molecule has 2 aromatic rings. The Morgan fingerprint density at radius 1 is 0.906 bits per heavy atom. The predicted molar refractivity (Wildman–Crippen MR) is 142 cm³/mol. The van der Waals surface area contributed by atoms with Crippen molar-refractivity contribution in [2.45, 2.75) is 85.0 Å². The molecule has 0 amide bonds. The second-order valence-corrected chi connectivity index (χ2v) is 9.79. The SMILES string of the molecule is C=C(CCCc1ccc(C)cc1)CCC(=C)CC1CCc2cc(CC)c(CC)cc2C1=C. The summed E-state index contributed by atoms with van der Waals surface area (Å²) in [4.78, 5) is 0. The number of fused-ring (bicyclic) bond motifs is 1. The molecule has 0 spiro atoms. The third kappa shape index (κ3) is 6.35. The molecular weight excluding hydrogens is 384 g/mol. The molecule has 0 fully saturated rings. The summed E-state index contributed by atoms with van der Waals surface area (Å²) in [5.41, 5.74) is 12.8. The van der Waals surface area contributed by atoms with Crippen LogP contribution in [0.4, 0.5) is 0 Å². The maximum Gasteiger partial charge on any atom is -0.0121 e. The van der Waals surface area contributed by atoms with Gasteiger partial charge in [0.1, 0.15) is 0 Å². The standard InChI is InChI=1S/C32H42/c1-7-28-21-31-19-18-30(26(6)32(31)22-29(28)8-2)20-25(5)13-12-23(3)10-9-11-27-16-14-24(4)15-17-27/h14-17,21-22,30H,3,5-13,18-20H2,1-2,4H3. The molecular formula is C32H42. The molecule has 0 bridgehead atoms. The molecule has 0 saturated heterocycles. The van der Waals surface area contributed by atoms with Crippen LogP contribution in [0.25, 0.3) is 5.57 Å². The van der Waals surface area contributed by atoms with Crippen LogP contribution in [0.3, 0.4) is 0 Å². The normalized spacial score (nSPS) is 15.5. The summed E-state index contributed by atoms with van der Waals surface area (Å²) in [7, 11) is 0. The fourth-order valence-corrected chi connectivity index (χ4v) is 5.08. The van der Waals surface area contributed by atoms with Gasteiger partial charge in [-0.25, -0.2) is 0 Å². The Morgan fingerprint density at radius 2 is 1.56 bits per heavy atom. The van der Waals surface area contributed by atoms with E-state index >= 15 is 0 Å². The van der Waals surface area contributed by atoms with Crippen LogP contribution >= 0.6 is 0 Å². The average Bonchev–Trinajstić information content (AvgIpc) is 2.80. The topological polar surface area (TPSA) is 0 Å². The van der Waals surface area contributed by atoms with Crippen molar-refractivity contribution in [3.63, 3.8) is 0 Å². The first-order valence-corrected chi connectivity index (χ1v) is 12.6. The van der Waals surface area contributed by atoms with Crippen LogP contribution in [-0.2, 0) is 25.7 Å². The third-order valence-electron chi connectivity index (χ3n) is 7.27. The lowest BCUT2D eigenvalue weighted by Gasteiger charge is -2.29. The molecule has 1 aliphatic rings. The maximum atomic E-state index is 4.53. The van der Waals surface area contributed by atoms with E-state index in [2.05, 4.69) is 76.9 Å². The highest BCUT2D eigenvalue weighted by Gasteiger charge is 2.24. The Kier molecular flexibility index (Phi) is 8.74. The van der Waals surface area contributed by atoms with E-state index in [1.807, 2.05) is 0 Å². The van der Waals surface area contributed by atoms with Crippen molar-refractivity contribution < 1.29 is 0 Å². The van der Waals surface area contributed by atoms with Gasteiger partial charge >= 0.3 is 0 Å². The van der Waals surface area contributed by atoms with Crippen molar-refractivity contribution in [2.24, 2.45) is 5.92 Å². The number of hydrogen-bond donors (Lipinski definition) is 0. The Morgan fingerprint density at radius 3 is 2.25 bits per heavy atom. The molecule has 1 atom stereocenters. The number of hydrogen-bond acceptors (Lipinski definition) is 0. The van der Waals surface area contributed by atoms with Gasteiger partial charge in [0.05, 0.1) is 0 Å². The molecule has 3 rings (SSSR count). The van der Waals surface area contributed by atoms with E-state index in [1.54, 1.807) is 0 Å². The average molecular weight is 427 g/mol. The van der Waals surface area contributed by atoms with Crippen molar-refractivity contribution in [2.75, 3.05) is 0 Å². The van der Waals surface area contributed by atoms with Crippen LogP contribution in [-0.4, -0.2) is 0 Å². The molecule has 0 nitrogen and oxygen atoms in total. The lowest BCUT2D eigenvalue weighted by atomic mass is 9.75. The smallest absolute Gasteiger partial charge is 0.0121 e. The third-order valence-corrected chi connectivity index (χ3v) is 7.27. The van der Waals surface area contributed by atoms with E-state index in [-0.39, 0.29) is 0 Å². The molecule has 1 unspecified atom stereocenters. The summed E-state index contributed by atoms with van der Waals surface area (Å²) in [6.45, 7) is 20.0. The van der Waals surface area contributed by atoms with E-state index in [0.29, 0.717) is 5.92 Å². The predicted octanol–water partition coefficient (Wildman–Crippen LogP) is 9.00. The first-order valence-electron chi connectivity index (χ1n) is 12.6. The van der Waals surface area contributed by atoms with Crippen LogP contribution in [0, 0.1) is 12.8 Å². The first-order chi connectivity index (χ1) is 15.4. The Bertz CT molecular complexity index is 954. The Labute approximate surface area is 197 Å². The van der Waals surface area contributed by atoms with Crippen LogP contribution in [0.15, 0.2) is 67.3 Å². The largest absolute Gasteiger partial charge is 0.0999 e. The minimum atomic E-state index is 0.544. The van der Waals surface area contributed by atoms with Gasteiger partial charge in [0.15, 0.2) is 0 Å². The molecule has 0 aromatic heterocycles. The quantitative estimate of drug-likeness (QED) is 0.314. The Balaban J connectivity index is 1.45. The van der Waals surface area contributed by atoms with Gasteiger partial charge in [0.2, 0.25) is 0 Å². The first kappa shape index (κ1) is 24.3. The van der Waals surface area contributed by atoms with Crippen molar-refractivity contribution in [1.29, 1.82) is 0 Å². The number of allylic oxidation sites excluding steroid dienone is 3. The van der Waals surface area contributed by atoms with Crippen LogP contribution in [0.5, 0.6) is 0 Å². The molecule has 0 radical (unpaired) electrons. The minimum absolute atomic E-state index is 0.544. The van der Waals surface area contributed by atoms with E-state index in [4.69, 9.17) is 0 Å². The van der Waals surface area contributed by atoms with Gasteiger partial charge in [-0.15, -0.1) is 0 Å². The van der Waals surface area contributed by atoms with E-state index in [9.17, 15) is 0 Å². The summed E-state index contributed by atoms with van der Waals surface area (Å²) >= 11 is 0. The van der Waals surface area contributed by atoms with Crippen LogP contribution in [0.1, 0.15) is 85.8 Å². The van der Waals surface area contributed by atoms with Gasteiger partial charge in [-0.2, -0.15) is 0 Å². The van der Waals surface area contributed by atoms with E-state index in [0.717, 1.165) is 44.9 Å². The van der Waals surface area contributed by atoms with Gasteiger partial charge in [-0.05, 0) is 110 Å². The zero-order chi connectivity index (χ0) is 23.1. The van der Waals surface area contributed by atoms with Gasteiger partial charge in [-0.3, -0.25) is 0 Å². The van der Waals surface area contributed by atoms with Crippen molar-refractivity contribution in [3.05, 3.63) is 101 Å². The molecule has 0 N–H and O–H groups in total. The molecule has 0 saturated carbocycles. The van der Waals surface area contributed by atoms with Crippen molar-refractivity contribution in [1.82, 2.24) is 0 Å². The van der Waals surface area contributed by atoms with Gasteiger partial charge in [0.25, 0.3) is 0 Å². The minimum Gasteiger partial charge on any atom is -0.0999 e. The number of aryl methyl sites for hydroxylation is 5. The summed E-state index contributed by atoms with van der Waals surface area (Å²) in [5, 5.41) is 0. The van der Waals surface area contributed by atoms with E-state index < -0.39 is 0 Å². The monoisotopic (exact) mass is 426 g/mol. The number of rotatable bonds is 11. The summed E-state index contributed by atoms with van der Waals surface area (Å²) < 4.78 is 0. The molecule has 2 aromatic carbocycles. The molecule has 0 aliphatic heterocycles. The summed E-state index contributed by atoms with van der Waals surface area (Å²) in [6.07, 6.45) is 11.3. The zero-order valence-electron chi connectivity index (χ0n) is 20.7. The maximum absolute atomic E-state index is 4.53. The fraction of sp³-hybridized carbons (Fsp3) is 0.438. The second kappa shape index (κ2) is 11.5. The molecule has 0 heteroatoms. The summed E-state index contributed by atoms with van der Waals surface area (Å²) in [5.74, 6) is 0.544. The fourth-order valence-electron chi connectivity index (χ4n) is 5.08. The van der Waals surface area contributed by atoms with Crippen molar-refractivity contribution in [3.8, 4) is 0 Å². The zero-order valence-corrected chi connectivity index (χ0v) is 20.7. The highest BCUT2D eigenvalue weighted by atomic mass is 14.3. The summed E-state index contributed by atoms with van der Waals surface area (Å²) in [6, 6.07) is 13.8. The molecule has 1 aliphatic carbocycles. The van der Waals surface area contributed by atoms with Gasteiger partial charge < -0.3 is 0 Å². The van der Waals surface area contributed by atoms with Crippen LogP contribution < -0.4 is 0 Å². The molecule has 0 heterocycles. The molecule has 170 valence electrons. The van der Waals surface area contributed by atoms with Crippen molar-refractivity contribution >= 4 is 5.57 Å². The van der Waals surface area contributed by atoms with E-state index in [1.165, 1.54) is 69.4 Å². The number of benzene rings is 2. The van der Waals surface area contributed by atoms with Crippen LogP contribution in [0.2, 0.25) is 0 Å². The highest BCUT2D eigenvalue weighted by molar-refractivity contribution is 5.71. The lowest BCUT2D eigenvalue weighted by molar-refractivity contribution is 0.573. The van der Waals surface area contributed by atoms with Gasteiger partial charge in [-0.1, -0.05) is 86.7 Å². The Hall–Kier alpha value is -2.34. The van der Waals surface area contributed by atoms with Gasteiger partial charge in [0, 0.05) is 0 Å². The second-order valence-electron chi connectivity index (χ2n) is 9.79.